The molecule has 0 atom stereocenters. The van der Waals surface area contributed by atoms with E-state index >= 15 is 0 Å². The molecule has 0 saturated heterocycles. The van der Waals surface area contributed by atoms with Crippen LogP contribution in [0.4, 0.5) is 56.9 Å². The van der Waals surface area contributed by atoms with Crippen LogP contribution in [0.5, 0.6) is 0 Å². The lowest BCUT2D eigenvalue weighted by molar-refractivity contribution is 0.660. The summed E-state index contributed by atoms with van der Waals surface area (Å²) in [4.78, 5) is 10.9. The number of benzene rings is 10. The molecular formula is C66H47N5. The van der Waals surface area contributed by atoms with E-state index in [0.29, 0.717) is 11.3 Å². The first-order chi connectivity index (χ1) is 34.6. The van der Waals surface area contributed by atoms with Crippen molar-refractivity contribution in [2.75, 3.05) is 14.7 Å². The third-order valence-electron chi connectivity index (χ3n) is 15.4. The molecule has 1 aliphatic heterocycles. The average molecular weight is 910 g/mol. The summed E-state index contributed by atoms with van der Waals surface area (Å²) in [5, 5.41) is 12.1. The van der Waals surface area contributed by atoms with Crippen LogP contribution in [-0.4, -0.2) is 0 Å². The highest BCUT2D eigenvalue weighted by Crippen LogP contribution is 2.57. The average Bonchev–Trinajstić information content (AvgIpc) is 3.78. The number of hydrogen-bond donors (Lipinski definition) is 0. The molecule has 2 aliphatic carbocycles. The van der Waals surface area contributed by atoms with Gasteiger partial charge in [0.15, 0.2) is 5.69 Å². The number of hydrogen-bond acceptors (Lipinski definition) is 4. The van der Waals surface area contributed by atoms with E-state index < -0.39 is 0 Å². The molecule has 0 saturated carbocycles. The molecule has 3 aliphatic rings. The van der Waals surface area contributed by atoms with Gasteiger partial charge in [-0.3, -0.25) is 0 Å². The van der Waals surface area contributed by atoms with Gasteiger partial charge in [0.05, 0.1) is 35.3 Å². The number of anilines is 9. The van der Waals surface area contributed by atoms with E-state index in [0.717, 1.165) is 73.1 Å². The smallest absolute Gasteiger partial charge is 0.187 e. The second-order valence-corrected chi connectivity index (χ2v) is 20.0. The molecule has 0 amide bonds. The summed E-state index contributed by atoms with van der Waals surface area (Å²) in [6.45, 7) is 17.1. The number of para-hydroxylation sites is 1. The van der Waals surface area contributed by atoms with Crippen LogP contribution in [0, 0.1) is 17.9 Å². The standard InChI is InChI=1S/C66H47N5/c1-65(2)57-19-11-9-16-50(57)52-33-30-47(38-59(52)65)69(45-28-24-43(68-5)25-29-45)49-32-35-54-55-36-37-61(56-18-13-21-62(64(55)56)71(63(54)40-49)44-14-7-6-8-15-44)70(46-26-22-42(41-67)23-27-46)48-31-34-53-51-17-10-12-20-58(51)66(3,4)60(53)39-48/h6-40H,1-4H3. The predicted molar refractivity (Wildman–Crippen MR) is 293 cm³/mol. The number of fused-ring (bicyclic) bond motifs is 8. The highest BCUT2D eigenvalue weighted by atomic mass is 15.2. The van der Waals surface area contributed by atoms with Crippen LogP contribution in [0.1, 0.15) is 55.5 Å². The van der Waals surface area contributed by atoms with Crippen molar-refractivity contribution in [3.8, 4) is 39.4 Å². The minimum absolute atomic E-state index is 0.179. The van der Waals surface area contributed by atoms with Gasteiger partial charge in [0, 0.05) is 61.3 Å². The molecule has 5 heteroatoms. The fourth-order valence-electron chi connectivity index (χ4n) is 11.9. The van der Waals surface area contributed by atoms with E-state index in [4.69, 9.17) is 6.57 Å². The summed E-state index contributed by atoms with van der Waals surface area (Å²) in [6, 6.07) is 78.4. The first kappa shape index (κ1) is 42.0. The van der Waals surface area contributed by atoms with Crippen LogP contribution in [0.2, 0.25) is 0 Å². The number of nitriles is 1. The van der Waals surface area contributed by atoms with Crippen molar-refractivity contribution in [1.29, 1.82) is 5.26 Å². The summed E-state index contributed by atoms with van der Waals surface area (Å²) in [6.07, 6.45) is 0. The van der Waals surface area contributed by atoms with Gasteiger partial charge in [-0.05, 0) is 147 Å². The molecule has 10 aromatic carbocycles. The summed E-state index contributed by atoms with van der Waals surface area (Å²) < 4.78 is 0. The third kappa shape index (κ3) is 6.30. The Hall–Kier alpha value is -9.16. The molecule has 0 fully saturated rings. The van der Waals surface area contributed by atoms with E-state index in [1.165, 1.54) is 44.5 Å². The molecule has 0 unspecified atom stereocenters. The van der Waals surface area contributed by atoms with Crippen LogP contribution in [0.25, 0.3) is 49.0 Å². The zero-order valence-electron chi connectivity index (χ0n) is 39.9. The predicted octanol–water partition coefficient (Wildman–Crippen LogP) is 18.3. The highest BCUT2D eigenvalue weighted by molar-refractivity contribution is 6.18. The number of rotatable bonds is 7. The van der Waals surface area contributed by atoms with Gasteiger partial charge in [0.25, 0.3) is 0 Å². The first-order valence-electron chi connectivity index (χ1n) is 24.3. The summed E-state index contributed by atoms with van der Waals surface area (Å²) in [7, 11) is 0. The molecule has 13 rings (SSSR count). The topological polar surface area (TPSA) is 37.9 Å². The molecule has 10 aromatic rings. The van der Waals surface area contributed by atoms with Crippen LogP contribution in [-0.2, 0) is 10.8 Å². The summed E-state index contributed by atoms with van der Waals surface area (Å²) in [5.41, 5.74) is 22.9. The van der Waals surface area contributed by atoms with Crippen molar-refractivity contribution in [2.24, 2.45) is 0 Å². The Morgan fingerprint density at radius 3 is 1.56 bits per heavy atom. The van der Waals surface area contributed by atoms with Gasteiger partial charge >= 0.3 is 0 Å². The fourth-order valence-corrected chi connectivity index (χ4v) is 11.9. The second kappa shape index (κ2) is 15.7. The lowest BCUT2D eigenvalue weighted by Crippen LogP contribution is -2.18. The van der Waals surface area contributed by atoms with Gasteiger partial charge in [0.2, 0.25) is 0 Å². The SMILES string of the molecule is [C-]#[N+]c1ccc(N(c2ccc3c(c2)N(c2ccccc2)c2cccc4c(N(c5ccc(C#N)cc5)c5ccc6c(c5)C(C)(C)c5ccccc5-6)ccc-3c24)c2ccc3c(c2)C(C)(C)c2ccccc2-3)cc1. The minimum atomic E-state index is -0.184. The molecule has 1 heterocycles. The van der Waals surface area contributed by atoms with Crippen molar-refractivity contribution in [3.63, 3.8) is 0 Å². The summed E-state index contributed by atoms with van der Waals surface area (Å²) >= 11 is 0. The Morgan fingerprint density at radius 1 is 0.437 bits per heavy atom. The minimum Gasteiger partial charge on any atom is -0.311 e. The van der Waals surface area contributed by atoms with Crippen LogP contribution in [0.3, 0.4) is 0 Å². The van der Waals surface area contributed by atoms with Crippen molar-refractivity contribution >= 4 is 67.6 Å². The lowest BCUT2D eigenvalue weighted by atomic mass is 9.82. The fraction of sp³-hybridized carbons (Fsp3) is 0.0909. The first-order valence-corrected chi connectivity index (χ1v) is 24.3. The Morgan fingerprint density at radius 2 is 0.944 bits per heavy atom. The van der Waals surface area contributed by atoms with Gasteiger partial charge in [0.1, 0.15) is 0 Å². The van der Waals surface area contributed by atoms with E-state index in [1.54, 1.807) is 0 Å². The quantitative estimate of drug-likeness (QED) is 0.149. The number of nitrogens with zero attached hydrogens (tertiary/aromatic N) is 5. The summed E-state index contributed by atoms with van der Waals surface area (Å²) in [5.74, 6) is 0. The van der Waals surface area contributed by atoms with Crippen molar-refractivity contribution in [3.05, 3.63) is 252 Å². The molecule has 5 nitrogen and oxygen atoms in total. The molecular weight excluding hydrogens is 863 g/mol. The normalized spacial score (nSPS) is 13.8. The maximum atomic E-state index is 9.87. The molecule has 0 aromatic heterocycles. The Labute approximate surface area is 415 Å². The van der Waals surface area contributed by atoms with Gasteiger partial charge < -0.3 is 14.7 Å². The van der Waals surface area contributed by atoms with Crippen molar-refractivity contribution in [2.45, 2.75) is 38.5 Å². The van der Waals surface area contributed by atoms with Gasteiger partial charge in [-0.25, -0.2) is 4.85 Å². The molecule has 336 valence electrons. The Bertz CT molecular complexity index is 3910. The maximum Gasteiger partial charge on any atom is 0.187 e. The molecule has 0 N–H and O–H groups in total. The van der Waals surface area contributed by atoms with Crippen molar-refractivity contribution < 1.29 is 0 Å². The molecule has 0 radical (unpaired) electrons. The van der Waals surface area contributed by atoms with E-state index in [-0.39, 0.29) is 10.8 Å². The Balaban J connectivity index is 1.01. The highest BCUT2D eigenvalue weighted by Gasteiger charge is 2.38. The van der Waals surface area contributed by atoms with E-state index in [9.17, 15) is 5.26 Å². The van der Waals surface area contributed by atoms with Gasteiger partial charge in [-0.1, -0.05) is 143 Å². The second-order valence-electron chi connectivity index (χ2n) is 20.0. The van der Waals surface area contributed by atoms with Gasteiger partial charge in [-0.15, -0.1) is 0 Å². The Kier molecular flexibility index (Phi) is 9.28. The zero-order valence-corrected chi connectivity index (χ0v) is 39.9. The van der Waals surface area contributed by atoms with E-state index in [1.807, 2.05) is 24.3 Å². The van der Waals surface area contributed by atoms with Crippen LogP contribution in [0.15, 0.2) is 212 Å². The molecule has 0 spiro atoms. The van der Waals surface area contributed by atoms with Crippen molar-refractivity contribution in [1.82, 2.24) is 0 Å². The monoisotopic (exact) mass is 909 g/mol. The maximum absolute atomic E-state index is 9.87. The van der Waals surface area contributed by atoms with Crippen LogP contribution < -0.4 is 14.7 Å². The van der Waals surface area contributed by atoms with Crippen LogP contribution >= 0.6 is 0 Å². The zero-order chi connectivity index (χ0) is 48.2. The van der Waals surface area contributed by atoms with Gasteiger partial charge in [-0.2, -0.15) is 5.26 Å². The molecule has 71 heavy (non-hydrogen) atoms. The third-order valence-corrected chi connectivity index (χ3v) is 15.4. The van der Waals surface area contributed by atoms with E-state index in [2.05, 4.69) is 241 Å². The molecule has 0 bridgehead atoms. The lowest BCUT2D eigenvalue weighted by Gasteiger charge is -2.36. The largest absolute Gasteiger partial charge is 0.311 e.